The summed E-state index contributed by atoms with van der Waals surface area (Å²) in [6.45, 7) is 6.00. The third-order valence-corrected chi connectivity index (χ3v) is 13.1. The van der Waals surface area contributed by atoms with Gasteiger partial charge in [-0.3, -0.25) is 0 Å². The van der Waals surface area contributed by atoms with Gasteiger partial charge in [-0.2, -0.15) is 9.98 Å². The molecule has 0 saturated heterocycles. The Kier molecular flexibility index (Phi) is 17.4. The van der Waals surface area contributed by atoms with E-state index in [4.69, 9.17) is 30.4 Å². The summed E-state index contributed by atoms with van der Waals surface area (Å²) < 4.78 is 23.2. The Morgan fingerprint density at radius 3 is 1.18 bits per heavy atom. The molecule has 16 nitrogen and oxygen atoms in total. The number of aliphatic imine (C=N–C) groups is 2. The molecule has 79 heavy (non-hydrogen) atoms. The predicted molar refractivity (Wildman–Crippen MR) is 305 cm³/mol. The smallest absolute Gasteiger partial charge is 0.438 e. The first kappa shape index (κ1) is 55.3. The predicted octanol–water partition coefficient (Wildman–Crippen LogP) is 14.4. The molecule has 1 atom stereocenters. The average molecular weight is 1060 g/mol. The maximum Gasteiger partial charge on any atom is 0.438 e. The fraction of sp³-hybridized carbons (Fsp3) is 0.175. The van der Waals surface area contributed by atoms with Gasteiger partial charge >= 0.3 is 36.3 Å². The highest BCUT2D eigenvalue weighted by atomic mass is 16.6. The number of nitrogens with zero attached hydrogens (tertiary/aromatic N) is 2. The summed E-state index contributed by atoms with van der Waals surface area (Å²) in [7, 11) is 0. The molecule has 8 rings (SSSR count). The van der Waals surface area contributed by atoms with E-state index in [1.165, 1.54) is 12.2 Å². The van der Waals surface area contributed by atoms with Crippen LogP contribution >= 0.6 is 0 Å². The van der Waals surface area contributed by atoms with Gasteiger partial charge < -0.3 is 40.6 Å². The van der Waals surface area contributed by atoms with Crippen LogP contribution in [0.3, 0.4) is 0 Å². The molecule has 0 heterocycles. The lowest BCUT2D eigenvalue weighted by Gasteiger charge is -2.28. The molecule has 4 amide bonds. The average Bonchev–Trinajstić information content (AvgIpc) is 3.61. The molecule has 0 aliphatic carbocycles. The van der Waals surface area contributed by atoms with E-state index < -0.39 is 41.7 Å². The second-order valence-electron chi connectivity index (χ2n) is 19.7. The molecule has 0 saturated carbocycles. The molecule has 0 aliphatic rings. The number of carbonyl (C=O) groups is 6. The molecule has 0 aliphatic heterocycles. The van der Waals surface area contributed by atoms with Crippen LogP contribution in [0.2, 0.25) is 0 Å². The first-order chi connectivity index (χ1) is 37.9. The Bertz CT molecular complexity index is 3820. The van der Waals surface area contributed by atoms with Gasteiger partial charge in [-0.05, 0) is 104 Å². The molecule has 0 bridgehead atoms. The molecular weight excluding hydrogens is 1000 g/mol. The van der Waals surface area contributed by atoms with Gasteiger partial charge in [0.05, 0.1) is 0 Å². The monoisotopic (exact) mass is 1060 g/mol. The van der Waals surface area contributed by atoms with Crippen LogP contribution in [0.4, 0.5) is 19.2 Å². The Morgan fingerprint density at radius 2 is 0.823 bits per heavy atom. The molecule has 0 spiro atoms. The highest BCUT2D eigenvalue weighted by Gasteiger charge is 2.27. The minimum Gasteiger partial charge on any atom is -0.478 e. The van der Waals surface area contributed by atoms with Crippen molar-refractivity contribution in [3.05, 3.63) is 170 Å². The van der Waals surface area contributed by atoms with Crippen LogP contribution in [0, 0.1) is 11.3 Å². The quantitative estimate of drug-likeness (QED) is 0.0435. The van der Waals surface area contributed by atoms with Gasteiger partial charge in [0.25, 0.3) is 0 Å². The standard InChI is InChI=1S/C63H56N4O12/c1-38(26-31-43(18-12-24-53(68)69)66-61(74)78-51-34-29-41-16-6-10-22-47(41)57(51)55-45-20-8-4-14-39(45)27-32-49(55)76-59(64)72)36-63(2,3)37-44(19-13-25-54(70)71)67-62(75)79-52-35-30-42-17-7-11-23-48(42)58(52)56-46-21-9-5-15-40(46)28-33-50(56)77-60(65)73/h4-17,20-25,27-30,32-35,38H,18-19,26,31,36-37H2,1-3H3,(H2,64,72)(H2,65,73)(H,68,69)(H,70,71). The number of carboxylic acid groups (broad SMARTS) is 2. The maximum atomic E-state index is 14.1. The first-order valence-electron chi connectivity index (χ1n) is 25.3. The summed E-state index contributed by atoms with van der Waals surface area (Å²) in [6, 6.07) is 43.5. The molecule has 8 aromatic carbocycles. The summed E-state index contributed by atoms with van der Waals surface area (Å²) >= 11 is 0. The van der Waals surface area contributed by atoms with Crippen LogP contribution in [0.25, 0.3) is 65.3 Å². The number of ether oxygens (including phenoxy) is 4. The Hall–Kier alpha value is -9.96. The number of fused-ring (bicyclic) bond motifs is 4. The van der Waals surface area contributed by atoms with E-state index >= 15 is 0 Å². The number of primary amides is 2. The van der Waals surface area contributed by atoms with Crippen molar-refractivity contribution in [2.24, 2.45) is 32.8 Å². The van der Waals surface area contributed by atoms with Gasteiger partial charge in [0.2, 0.25) is 0 Å². The van der Waals surface area contributed by atoms with E-state index in [0.29, 0.717) is 68.1 Å². The summed E-state index contributed by atoms with van der Waals surface area (Å²) in [6.07, 6.45) is 2.37. The Labute approximate surface area is 454 Å². The molecule has 8 aromatic rings. The SMILES string of the molecule is CC(CCC(CC=CC(=O)O)=NC(=O)Oc1ccc2ccccc2c1-c1c(OC(N)=O)ccc2ccccc12)CC(C)(C)CC(CC=CC(=O)O)=NC(=O)Oc1ccc2ccccc2c1-c1c(OC(N)=O)ccc2ccccc12. The van der Waals surface area contributed by atoms with Crippen molar-refractivity contribution in [2.75, 3.05) is 0 Å². The lowest BCUT2D eigenvalue weighted by Crippen LogP contribution is -2.22. The van der Waals surface area contributed by atoms with Gasteiger partial charge in [0, 0.05) is 58.7 Å². The van der Waals surface area contributed by atoms with Crippen molar-refractivity contribution >= 4 is 90.8 Å². The molecule has 6 N–H and O–H groups in total. The molecule has 0 aromatic heterocycles. The minimum absolute atomic E-state index is 0.0113. The fourth-order valence-corrected chi connectivity index (χ4v) is 10.1. The van der Waals surface area contributed by atoms with E-state index in [2.05, 4.69) is 9.98 Å². The number of carboxylic acids is 2. The van der Waals surface area contributed by atoms with Gasteiger partial charge in [-0.1, -0.05) is 154 Å². The van der Waals surface area contributed by atoms with Crippen LogP contribution in [0.1, 0.15) is 59.3 Å². The van der Waals surface area contributed by atoms with E-state index in [1.807, 2.05) is 118 Å². The summed E-state index contributed by atoms with van der Waals surface area (Å²) in [5.41, 5.74) is 13.1. The van der Waals surface area contributed by atoms with Crippen LogP contribution in [-0.4, -0.2) is 57.9 Å². The number of amides is 4. The molecule has 0 radical (unpaired) electrons. The summed E-state index contributed by atoms with van der Waals surface area (Å²) in [5.74, 6) is -1.84. The van der Waals surface area contributed by atoms with Crippen LogP contribution in [0.15, 0.2) is 180 Å². The van der Waals surface area contributed by atoms with E-state index in [9.17, 15) is 39.0 Å². The number of benzene rings is 8. The van der Waals surface area contributed by atoms with E-state index in [0.717, 1.165) is 33.7 Å². The number of nitrogens with two attached hydrogens (primary N) is 2. The van der Waals surface area contributed by atoms with Crippen molar-refractivity contribution in [2.45, 2.75) is 59.3 Å². The zero-order valence-corrected chi connectivity index (χ0v) is 43.5. The third kappa shape index (κ3) is 14.1. The minimum atomic E-state index is -1.18. The first-order valence-corrected chi connectivity index (χ1v) is 25.3. The van der Waals surface area contributed by atoms with E-state index in [1.54, 1.807) is 48.5 Å². The molecular formula is C63H56N4O12. The second kappa shape index (κ2) is 24.8. The molecule has 1 unspecified atom stereocenters. The number of aliphatic carboxylic acids is 2. The molecule has 0 fully saturated rings. The lowest BCUT2D eigenvalue weighted by molar-refractivity contribution is -0.132. The number of hydrogen-bond acceptors (Lipinski definition) is 10. The van der Waals surface area contributed by atoms with Crippen molar-refractivity contribution in [1.82, 2.24) is 0 Å². The maximum absolute atomic E-state index is 14.1. The summed E-state index contributed by atoms with van der Waals surface area (Å²) in [4.78, 5) is 84.4. The second-order valence-corrected chi connectivity index (χ2v) is 19.7. The van der Waals surface area contributed by atoms with Gasteiger partial charge in [-0.15, -0.1) is 0 Å². The topological polar surface area (TPSA) is 257 Å². The number of rotatable bonds is 19. The van der Waals surface area contributed by atoms with Gasteiger partial charge in [-0.25, -0.2) is 28.8 Å². The summed E-state index contributed by atoms with van der Waals surface area (Å²) in [5, 5.41) is 24.9. The lowest BCUT2D eigenvalue weighted by atomic mass is 9.77. The third-order valence-electron chi connectivity index (χ3n) is 13.1. The van der Waals surface area contributed by atoms with Crippen molar-refractivity contribution in [1.29, 1.82) is 0 Å². The van der Waals surface area contributed by atoms with Crippen molar-refractivity contribution in [3.8, 4) is 45.3 Å². The van der Waals surface area contributed by atoms with E-state index in [-0.39, 0.29) is 54.6 Å². The zero-order chi connectivity index (χ0) is 56.2. The number of allylic oxidation sites excluding steroid dienone is 2. The van der Waals surface area contributed by atoms with Crippen LogP contribution in [-0.2, 0) is 9.59 Å². The molecule has 400 valence electrons. The van der Waals surface area contributed by atoms with Crippen LogP contribution in [0.5, 0.6) is 23.0 Å². The normalized spacial score (nSPS) is 12.5. The molecule has 16 heteroatoms. The highest BCUT2D eigenvalue weighted by molar-refractivity contribution is 6.12. The number of carbonyl (C=O) groups excluding carboxylic acids is 4. The Balaban J connectivity index is 1.04. The van der Waals surface area contributed by atoms with Gasteiger partial charge in [0.1, 0.15) is 23.0 Å². The zero-order valence-electron chi connectivity index (χ0n) is 43.5. The van der Waals surface area contributed by atoms with Crippen molar-refractivity contribution in [3.63, 3.8) is 0 Å². The fourth-order valence-electron chi connectivity index (χ4n) is 10.1. The van der Waals surface area contributed by atoms with Gasteiger partial charge in [0.15, 0.2) is 0 Å². The highest BCUT2D eigenvalue weighted by Crippen LogP contribution is 2.47. The number of hydrogen-bond donors (Lipinski definition) is 4. The Morgan fingerprint density at radius 1 is 0.494 bits per heavy atom. The largest absolute Gasteiger partial charge is 0.478 e. The van der Waals surface area contributed by atoms with Crippen LogP contribution < -0.4 is 30.4 Å². The van der Waals surface area contributed by atoms with Crippen molar-refractivity contribution < 1.29 is 57.9 Å².